The molecule has 24 heavy (non-hydrogen) atoms. The Hall–Kier alpha value is -1.26. The summed E-state index contributed by atoms with van der Waals surface area (Å²) in [6.07, 6.45) is 6.64. The summed E-state index contributed by atoms with van der Waals surface area (Å²) in [5.74, 6) is 1.74. The van der Waals surface area contributed by atoms with Crippen molar-refractivity contribution < 1.29 is 9.53 Å². The minimum atomic E-state index is -0.167. The fourth-order valence-corrected chi connectivity index (χ4v) is 4.95. The van der Waals surface area contributed by atoms with Crippen LogP contribution < -0.4 is 15.4 Å². The molecule has 2 aliphatic carbocycles. The van der Waals surface area contributed by atoms with Crippen LogP contribution in [0, 0.1) is 11.3 Å². The average molecular weight is 351 g/mol. The van der Waals surface area contributed by atoms with Crippen molar-refractivity contribution in [2.75, 3.05) is 20.2 Å². The first-order valence-corrected chi connectivity index (χ1v) is 8.92. The summed E-state index contributed by atoms with van der Waals surface area (Å²) < 4.78 is 5.47. The van der Waals surface area contributed by atoms with Crippen molar-refractivity contribution in [3.05, 3.63) is 29.3 Å². The lowest BCUT2D eigenvalue weighted by atomic mass is 9.67. The van der Waals surface area contributed by atoms with Gasteiger partial charge in [0.05, 0.1) is 18.6 Å². The Morgan fingerprint density at radius 3 is 3.04 bits per heavy atom. The maximum atomic E-state index is 13.1. The van der Waals surface area contributed by atoms with Crippen molar-refractivity contribution in [2.45, 2.75) is 44.6 Å². The molecule has 1 heterocycles. The molecule has 1 aromatic carbocycles. The molecule has 5 heteroatoms. The lowest BCUT2D eigenvalue weighted by Crippen LogP contribution is -2.48. The predicted molar refractivity (Wildman–Crippen MR) is 96.7 cm³/mol. The highest BCUT2D eigenvalue weighted by Crippen LogP contribution is 2.45. The van der Waals surface area contributed by atoms with E-state index in [0.717, 1.165) is 38.1 Å². The standard InChI is InChI=1S/C19H26N2O2.ClH/c1-23-17-7-4-6-14-15(17)8-9-16(14)21-18(22)19-10-3-2-5-13(19)11-20-12-19;/h4,6-7,13,16,20H,2-3,5,8-12H2,1H3,(H,21,22);1H/t13-,16?,19+;/m0./s1. The number of amides is 1. The molecule has 1 amide bonds. The molecule has 1 saturated heterocycles. The highest BCUT2D eigenvalue weighted by Gasteiger charge is 2.50. The number of methoxy groups -OCH3 is 1. The minimum Gasteiger partial charge on any atom is -0.496 e. The zero-order valence-corrected chi connectivity index (χ0v) is 15.1. The summed E-state index contributed by atoms with van der Waals surface area (Å²) in [6, 6.07) is 6.32. The van der Waals surface area contributed by atoms with Gasteiger partial charge in [-0.1, -0.05) is 25.0 Å². The number of hydrogen-bond donors (Lipinski definition) is 2. The first-order chi connectivity index (χ1) is 11.2. The summed E-state index contributed by atoms with van der Waals surface area (Å²) in [7, 11) is 1.72. The van der Waals surface area contributed by atoms with E-state index < -0.39 is 0 Å². The average Bonchev–Trinajstić information content (AvgIpc) is 3.19. The van der Waals surface area contributed by atoms with E-state index in [-0.39, 0.29) is 29.8 Å². The van der Waals surface area contributed by atoms with Crippen molar-refractivity contribution in [3.63, 3.8) is 0 Å². The Labute approximate surface area is 150 Å². The number of carbonyl (C=O) groups is 1. The third-order valence-electron chi connectivity index (χ3n) is 6.24. The van der Waals surface area contributed by atoms with Crippen LogP contribution in [0.25, 0.3) is 0 Å². The van der Waals surface area contributed by atoms with E-state index in [0.29, 0.717) is 5.92 Å². The summed E-state index contributed by atoms with van der Waals surface area (Å²) in [5.41, 5.74) is 2.34. The molecular formula is C19H27ClN2O2. The van der Waals surface area contributed by atoms with E-state index in [9.17, 15) is 4.79 Å². The molecule has 1 unspecified atom stereocenters. The second-order valence-electron chi connectivity index (χ2n) is 7.32. The van der Waals surface area contributed by atoms with Gasteiger partial charge >= 0.3 is 0 Å². The summed E-state index contributed by atoms with van der Waals surface area (Å²) >= 11 is 0. The molecule has 0 spiro atoms. The van der Waals surface area contributed by atoms with Crippen LogP contribution in [0.5, 0.6) is 5.75 Å². The quantitative estimate of drug-likeness (QED) is 0.881. The molecule has 0 radical (unpaired) electrons. The lowest BCUT2D eigenvalue weighted by molar-refractivity contribution is -0.134. The fraction of sp³-hybridized carbons (Fsp3) is 0.632. The molecule has 0 bridgehead atoms. The van der Waals surface area contributed by atoms with Crippen LogP contribution in [0.2, 0.25) is 0 Å². The second kappa shape index (κ2) is 6.93. The molecule has 3 aliphatic rings. The number of hydrogen-bond acceptors (Lipinski definition) is 3. The zero-order chi connectivity index (χ0) is 15.9. The number of halogens is 1. The first-order valence-electron chi connectivity index (χ1n) is 8.92. The van der Waals surface area contributed by atoms with Crippen LogP contribution in [0.15, 0.2) is 18.2 Å². The van der Waals surface area contributed by atoms with Crippen molar-refractivity contribution in [2.24, 2.45) is 11.3 Å². The maximum Gasteiger partial charge on any atom is 0.228 e. The Bertz CT molecular complexity index is 621. The molecular weight excluding hydrogens is 324 g/mol. The number of nitrogens with one attached hydrogen (secondary N) is 2. The van der Waals surface area contributed by atoms with E-state index in [1.54, 1.807) is 7.11 Å². The van der Waals surface area contributed by atoms with Crippen LogP contribution in [-0.4, -0.2) is 26.1 Å². The van der Waals surface area contributed by atoms with Gasteiger partial charge in [-0.15, -0.1) is 12.4 Å². The highest BCUT2D eigenvalue weighted by molar-refractivity contribution is 5.85. The van der Waals surface area contributed by atoms with Gasteiger partial charge in [0, 0.05) is 6.54 Å². The number of fused-ring (bicyclic) bond motifs is 2. The Balaban J connectivity index is 0.00000169. The van der Waals surface area contributed by atoms with Gasteiger partial charge in [0.15, 0.2) is 0 Å². The molecule has 2 fully saturated rings. The summed E-state index contributed by atoms with van der Waals surface area (Å²) in [4.78, 5) is 13.1. The molecule has 4 rings (SSSR count). The van der Waals surface area contributed by atoms with E-state index in [1.807, 2.05) is 12.1 Å². The van der Waals surface area contributed by atoms with Gasteiger partial charge in [0.2, 0.25) is 5.91 Å². The number of carbonyl (C=O) groups excluding carboxylic acids is 1. The van der Waals surface area contributed by atoms with Crippen LogP contribution >= 0.6 is 12.4 Å². The topological polar surface area (TPSA) is 50.4 Å². The van der Waals surface area contributed by atoms with Crippen molar-refractivity contribution in [1.29, 1.82) is 0 Å². The van der Waals surface area contributed by atoms with E-state index in [1.165, 1.54) is 30.4 Å². The molecule has 1 aliphatic heterocycles. The minimum absolute atomic E-state index is 0. The van der Waals surface area contributed by atoms with Gasteiger partial charge in [0.25, 0.3) is 0 Å². The molecule has 1 aromatic rings. The van der Waals surface area contributed by atoms with Crippen LogP contribution in [0.1, 0.15) is 49.3 Å². The van der Waals surface area contributed by atoms with Crippen molar-refractivity contribution >= 4 is 18.3 Å². The molecule has 132 valence electrons. The van der Waals surface area contributed by atoms with E-state index >= 15 is 0 Å². The second-order valence-corrected chi connectivity index (χ2v) is 7.32. The SMILES string of the molecule is COc1cccc2c1CCC2NC(=O)[C@@]12CCCC[C@H]1CNC2.Cl. The summed E-state index contributed by atoms with van der Waals surface area (Å²) in [5, 5.41) is 6.85. The zero-order valence-electron chi connectivity index (χ0n) is 14.3. The molecule has 1 saturated carbocycles. The van der Waals surface area contributed by atoms with E-state index in [4.69, 9.17) is 4.74 Å². The van der Waals surface area contributed by atoms with Crippen molar-refractivity contribution in [3.8, 4) is 5.75 Å². The molecule has 4 nitrogen and oxygen atoms in total. The normalized spacial score (nSPS) is 30.9. The van der Waals surface area contributed by atoms with Gasteiger partial charge in [-0.05, 0) is 55.3 Å². The predicted octanol–water partition coefficient (Wildman–Crippen LogP) is 3.00. The first kappa shape index (κ1) is 17.6. The fourth-order valence-electron chi connectivity index (χ4n) is 4.95. The third kappa shape index (κ3) is 2.70. The Morgan fingerprint density at radius 2 is 2.21 bits per heavy atom. The highest BCUT2D eigenvalue weighted by atomic mass is 35.5. The third-order valence-corrected chi connectivity index (χ3v) is 6.24. The molecule has 2 N–H and O–H groups in total. The lowest BCUT2D eigenvalue weighted by Gasteiger charge is -2.38. The Morgan fingerprint density at radius 1 is 1.33 bits per heavy atom. The van der Waals surface area contributed by atoms with Crippen LogP contribution in [0.3, 0.4) is 0 Å². The van der Waals surface area contributed by atoms with Gasteiger partial charge in [0.1, 0.15) is 5.75 Å². The smallest absolute Gasteiger partial charge is 0.228 e. The number of benzene rings is 1. The van der Waals surface area contributed by atoms with Gasteiger partial charge < -0.3 is 15.4 Å². The monoisotopic (exact) mass is 350 g/mol. The van der Waals surface area contributed by atoms with Gasteiger partial charge in [-0.2, -0.15) is 0 Å². The number of rotatable bonds is 3. The van der Waals surface area contributed by atoms with Gasteiger partial charge in [-0.25, -0.2) is 0 Å². The Kier molecular flexibility index (Phi) is 5.07. The van der Waals surface area contributed by atoms with Crippen LogP contribution in [0.4, 0.5) is 0 Å². The maximum absolute atomic E-state index is 13.1. The van der Waals surface area contributed by atoms with E-state index in [2.05, 4.69) is 16.7 Å². The van der Waals surface area contributed by atoms with Crippen LogP contribution in [-0.2, 0) is 11.2 Å². The van der Waals surface area contributed by atoms with Crippen molar-refractivity contribution in [1.82, 2.24) is 10.6 Å². The number of ether oxygens (including phenoxy) is 1. The van der Waals surface area contributed by atoms with Gasteiger partial charge in [-0.3, -0.25) is 4.79 Å². The molecule has 3 atom stereocenters. The largest absolute Gasteiger partial charge is 0.496 e. The summed E-state index contributed by atoms with van der Waals surface area (Å²) in [6.45, 7) is 1.85. The molecule has 0 aromatic heterocycles.